The third-order valence-electron chi connectivity index (χ3n) is 2.83. The number of fused-ring (bicyclic) bond motifs is 1. The Morgan fingerprint density at radius 3 is 2.82 bits per heavy atom. The van der Waals surface area contributed by atoms with E-state index in [2.05, 4.69) is 15.3 Å². The minimum absolute atomic E-state index is 0.172. The second kappa shape index (κ2) is 5.16. The number of H-pyrrole nitrogens is 2. The van der Waals surface area contributed by atoms with Crippen LogP contribution in [0.4, 0.5) is 0 Å². The molecule has 0 saturated carbocycles. The van der Waals surface area contributed by atoms with Crippen LogP contribution in [0, 0.1) is 0 Å². The summed E-state index contributed by atoms with van der Waals surface area (Å²) >= 11 is 0. The summed E-state index contributed by atoms with van der Waals surface area (Å²) in [6, 6.07) is 5.93. The summed E-state index contributed by atoms with van der Waals surface area (Å²) in [5, 5.41) is 3.14. The summed E-state index contributed by atoms with van der Waals surface area (Å²) < 4.78 is 5.21. The topological polar surface area (TPSA) is 69.9 Å². The maximum atomic E-state index is 11.2. The van der Waals surface area contributed by atoms with Crippen LogP contribution in [-0.2, 0) is 4.74 Å². The molecule has 0 amide bonds. The van der Waals surface area contributed by atoms with E-state index < -0.39 is 0 Å². The highest BCUT2D eigenvalue weighted by molar-refractivity contribution is 5.75. The van der Waals surface area contributed by atoms with Crippen molar-refractivity contribution in [3.63, 3.8) is 0 Å². The Morgan fingerprint density at radius 1 is 1.35 bits per heavy atom. The van der Waals surface area contributed by atoms with Gasteiger partial charge in [-0.05, 0) is 24.7 Å². The molecule has 1 unspecified atom stereocenters. The molecule has 5 nitrogen and oxygen atoms in total. The van der Waals surface area contributed by atoms with Crippen LogP contribution in [0.25, 0.3) is 11.0 Å². The van der Waals surface area contributed by atoms with Crippen LogP contribution in [0.5, 0.6) is 0 Å². The molecular weight excluding hydrogens is 218 g/mol. The lowest BCUT2D eigenvalue weighted by molar-refractivity contribution is 0.178. The van der Waals surface area contributed by atoms with Crippen molar-refractivity contribution < 1.29 is 4.74 Å². The monoisotopic (exact) mass is 235 g/mol. The van der Waals surface area contributed by atoms with Crippen molar-refractivity contribution in [1.29, 1.82) is 0 Å². The molecule has 0 fully saturated rings. The van der Waals surface area contributed by atoms with Crippen molar-refractivity contribution >= 4 is 11.0 Å². The van der Waals surface area contributed by atoms with E-state index in [9.17, 15) is 4.79 Å². The number of likely N-dealkylation sites (N-methyl/N-ethyl adjacent to an activating group) is 1. The van der Waals surface area contributed by atoms with Crippen molar-refractivity contribution in [2.45, 2.75) is 5.92 Å². The molecule has 5 heteroatoms. The SMILES string of the molecule is CNCC(COC)c1ccc2[nH]c(=O)[nH]c2c1. The van der Waals surface area contributed by atoms with Gasteiger partial charge in [0.1, 0.15) is 0 Å². The Kier molecular flexibility index (Phi) is 3.61. The van der Waals surface area contributed by atoms with E-state index in [-0.39, 0.29) is 11.6 Å². The fourth-order valence-corrected chi connectivity index (χ4v) is 2.02. The van der Waals surface area contributed by atoms with Crippen LogP contribution < -0.4 is 11.0 Å². The van der Waals surface area contributed by atoms with E-state index in [0.29, 0.717) is 6.61 Å². The first kappa shape index (κ1) is 11.9. The number of methoxy groups -OCH3 is 1. The summed E-state index contributed by atoms with van der Waals surface area (Å²) in [7, 11) is 3.61. The molecule has 1 aromatic heterocycles. The van der Waals surface area contributed by atoms with Gasteiger partial charge in [0.25, 0.3) is 0 Å². The molecule has 2 rings (SSSR count). The lowest BCUT2D eigenvalue weighted by Gasteiger charge is -2.15. The number of aromatic nitrogens is 2. The Hall–Kier alpha value is -1.59. The van der Waals surface area contributed by atoms with Crippen LogP contribution in [0.1, 0.15) is 11.5 Å². The van der Waals surface area contributed by atoms with Gasteiger partial charge in [0, 0.05) is 19.6 Å². The zero-order valence-electron chi connectivity index (χ0n) is 10.0. The first-order valence-corrected chi connectivity index (χ1v) is 5.60. The van der Waals surface area contributed by atoms with E-state index in [0.717, 1.165) is 23.1 Å². The number of benzene rings is 1. The molecule has 0 saturated heterocycles. The highest BCUT2D eigenvalue weighted by Gasteiger charge is 2.11. The second-order valence-corrected chi connectivity index (χ2v) is 4.09. The molecule has 0 aliphatic heterocycles. The van der Waals surface area contributed by atoms with Crippen LogP contribution in [0.2, 0.25) is 0 Å². The second-order valence-electron chi connectivity index (χ2n) is 4.09. The van der Waals surface area contributed by atoms with Gasteiger partial charge in [0.2, 0.25) is 0 Å². The average Bonchev–Trinajstić information content (AvgIpc) is 2.67. The Morgan fingerprint density at radius 2 is 2.12 bits per heavy atom. The van der Waals surface area contributed by atoms with Crippen molar-refractivity contribution in [3.05, 3.63) is 34.2 Å². The molecule has 0 radical (unpaired) electrons. The highest BCUT2D eigenvalue weighted by Crippen LogP contribution is 2.19. The van der Waals surface area contributed by atoms with Crippen LogP contribution >= 0.6 is 0 Å². The van der Waals surface area contributed by atoms with Gasteiger partial charge in [-0.25, -0.2) is 4.79 Å². The number of hydrogen-bond donors (Lipinski definition) is 3. The van der Waals surface area contributed by atoms with Gasteiger partial charge in [-0.1, -0.05) is 6.07 Å². The molecule has 2 aromatic rings. The minimum Gasteiger partial charge on any atom is -0.384 e. The van der Waals surface area contributed by atoms with Gasteiger partial charge >= 0.3 is 5.69 Å². The lowest BCUT2D eigenvalue weighted by atomic mass is 9.99. The third kappa shape index (κ3) is 2.57. The van der Waals surface area contributed by atoms with Crippen molar-refractivity contribution in [3.8, 4) is 0 Å². The number of nitrogens with one attached hydrogen (secondary N) is 3. The number of rotatable bonds is 5. The predicted molar refractivity (Wildman–Crippen MR) is 67.5 cm³/mol. The van der Waals surface area contributed by atoms with E-state index in [1.165, 1.54) is 0 Å². The molecule has 1 heterocycles. The summed E-state index contributed by atoms with van der Waals surface area (Å²) in [4.78, 5) is 16.7. The van der Waals surface area contributed by atoms with E-state index >= 15 is 0 Å². The molecule has 3 N–H and O–H groups in total. The Balaban J connectivity index is 2.35. The highest BCUT2D eigenvalue weighted by atomic mass is 16.5. The molecule has 0 bridgehead atoms. The Labute approximate surface area is 99.2 Å². The molecule has 1 aromatic carbocycles. The zero-order valence-corrected chi connectivity index (χ0v) is 10.0. The molecular formula is C12H17N3O2. The standard InChI is InChI=1S/C12H17N3O2/c1-13-6-9(7-17-2)8-3-4-10-11(5-8)15-12(16)14-10/h3-5,9,13H,6-7H2,1-2H3,(H2,14,15,16). The summed E-state index contributed by atoms with van der Waals surface area (Å²) in [6.45, 7) is 1.50. The van der Waals surface area contributed by atoms with E-state index in [1.807, 2.05) is 25.2 Å². The first-order valence-electron chi connectivity index (χ1n) is 5.60. The maximum absolute atomic E-state index is 11.2. The maximum Gasteiger partial charge on any atom is 0.323 e. The van der Waals surface area contributed by atoms with Gasteiger partial charge in [-0.15, -0.1) is 0 Å². The summed E-state index contributed by atoms with van der Waals surface area (Å²) in [5.74, 6) is 0.285. The fourth-order valence-electron chi connectivity index (χ4n) is 2.02. The molecule has 0 spiro atoms. The van der Waals surface area contributed by atoms with Crippen molar-refractivity contribution in [2.24, 2.45) is 0 Å². The van der Waals surface area contributed by atoms with Gasteiger partial charge in [-0.2, -0.15) is 0 Å². The van der Waals surface area contributed by atoms with E-state index in [4.69, 9.17) is 4.74 Å². The van der Waals surface area contributed by atoms with E-state index in [1.54, 1.807) is 7.11 Å². The average molecular weight is 235 g/mol. The number of imidazole rings is 1. The summed E-state index contributed by atoms with van der Waals surface area (Å²) in [5.41, 5.74) is 2.65. The smallest absolute Gasteiger partial charge is 0.323 e. The first-order chi connectivity index (χ1) is 8.24. The largest absolute Gasteiger partial charge is 0.384 e. The number of hydrogen-bond acceptors (Lipinski definition) is 3. The predicted octanol–water partition coefficient (Wildman–Crippen LogP) is 0.806. The summed E-state index contributed by atoms with van der Waals surface area (Å²) in [6.07, 6.45) is 0. The number of ether oxygens (including phenoxy) is 1. The zero-order chi connectivity index (χ0) is 12.3. The van der Waals surface area contributed by atoms with Gasteiger partial charge in [0.05, 0.1) is 17.6 Å². The normalized spacial score (nSPS) is 13.1. The van der Waals surface area contributed by atoms with Crippen molar-refractivity contribution in [1.82, 2.24) is 15.3 Å². The minimum atomic E-state index is -0.172. The molecule has 0 aliphatic rings. The quantitative estimate of drug-likeness (QED) is 0.718. The molecule has 92 valence electrons. The van der Waals surface area contributed by atoms with Crippen LogP contribution in [0.3, 0.4) is 0 Å². The van der Waals surface area contributed by atoms with Gasteiger partial charge in [-0.3, -0.25) is 0 Å². The lowest BCUT2D eigenvalue weighted by Crippen LogP contribution is -2.20. The third-order valence-corrected chi connectivity index (χ3v) is 2.83. The molecule has 0 aliphatic carbocycles. The van der Waals surface area contributed by atoms with Gasteiger partial charge < -0.3 is 20.0 Å². The van der Waals surface area contributed by atoms with Crippen LogP contribution in [0.15, 0.2) is 23.0 Å². The Bertz CT molecular complexity index is 538. The fraction of sp³-hybridized carbons (Fsp3) is 0.417. The molecule has 1 atom stereocenters. The van der Waals surface area contributed by atoms with Gasteiger partial charge in [0.15, 0.2) is 0 Å². The van der Waals surface area contributed by atoms with Crippen LogP contribution in [-0.4, -0.2) is 37.3 Å². The number of aromatic amines is 2. The molecule has 17 heavy (non-hydrogen) atoms. The van der Waals surface area contributed by atoms with Crippen molar-refractivity contribution in [2.75, 3.05) is 27.3 Å².